The monoisotopic (exact) mass is 402 g/mol. The average molecular weight is 403 g/mol. The molecule has 0 radical (unpaired) electrons. The van der Waals surface area contributed by atoms with Crippen LogP contribution < -0.4 is 11.1 Å². The van der Waals surface area contributed by atoms with Crippen molar-refractivity contribution in [2.45, 2.75) is 52.3 Å². The van der Waals surface area contributed by atoms with Crippen LogP contribution in [0.1, 0.15) is 38.3 Å². The number of nitrogens with one attached hydrogen (secondary N) is 1. The Morgan fingerprint density at radius 1 is 1.18 bits per heavy atom. The van der Waals surface area contributed by atoms with Gasteiger partial charge in [-0.25, -0.2) is 0 Å². The highest BCUT2D eigenvalue weighted by Gasteiger charge is 2.62. The topological polar surface area (TPSA) is 64.3 Å². The molecule has 4 nitrogen and oxygen atoms in total. The summed E-state index contributed by atoms with van der Waals surface area (Å²) in [5.74, 6) is -0.107. The number of ether oxygens (including phenoxy) is 1. The molecule has 0 bridgehead atoms. The smallest absolute Gasteiger partial charge is 0.241 e. The third kappa shape index (κ3) is 4.09. The van der Waals surface area contributed by atoms with E-state index in [1.54, 1.807) is 0 Å². The van der Waals surface area contributed by atoms with Gasteiger partial charge < -0.3 is 15.8 Å². The van der Waals surface area contributed by atoms with E-state index in [1.165, 1.54) is 11.1 Å². The van der Waals surface area contributed by atoms with E-state index in [0.717, 1.165) is 11.1 Å². The second-order valence-corrected chi connectivity index (χ2v) is 8.09. The van der Waals surface area contributed by atoms with Gasteiger partial charge in [0.15, 0.2) is 0 Å². The van der Waals surface area contributed by atoms with Crippen LogP contribution in [0.2, 0.25) is 0 Å². The minimum Gasteiger partial charge on any atom is -0.378 e. The first-order chi connectivity index (χ1) is 12.8. The molecule has 28 heavy (non-hydrogen) atoms. The van der Waals surface area contributed by atoms with Gasteiger partial charge in [0.1, 0.15) is 5.54 Å². The molecule has 1 fully saturated rings. The number of benzene rings is 2. The SMILES string of the molecule is CCOC1CC(N)(C(=O)NCc2cccc(-c3cccc(C)c3)c2)C1(C)C.Cl. The maximum Gasteiger partial charge on any atom is 0.241 e. The van der Waals surface area contributed by atoms with E-state index < -0.39 is 5.54 Å². The van der Waals surface area contributed by atoms with Crippen molar-refractivity contribution in [1.82, 2.24) is 5.32 Å². The summed E-state index contributed by atoms with van der Waals surface area (Å²) in [6, 6.07) is 16.7. The lowest BCUT2D eigenvalue weighted by atomic mass is 9.54. The van der Waals surface area contributed by atoms with Gasteiger partial charge in [0.25, 0.3) is 0 Å². The summed E-state index contributed by atoms with van der Waals surface area (Å²) in [6.45, 7) is 9.17. The van der Waals surface area contributed by atoms with Gasteiger partial charge in [-0.1, -0.05) is 61.9 Å². The second-order valence-electron chi connectivity index (χ2n) is 8.09. The fourth-order valence-corrected chi connectivity index (χ4v) is 3.85. The van der Waals surface area contributed by atoms with Gasteiger partial charge in [-0.15, -0.1) is 12.4 Å². The molecule has 2 aromatic carbocycles. The molecule has 5 heteroatoms. The van der Waals surface area contributed by atoms with Crippen LogP contribution in [-0.2, 0) is 16.1 Å². The first-order valence-electron chi connectivity index (χ1n) is 9.62. The van der Waals surface area contributed by atoms with E-state index in [4.69, 9.17) is 10.5 Å². The predicted octanol–water partition coefficient (Wildman–Crippen LogP) is 4.23. The van der Waals surface area contributed by atoms with E-state index in [0.29, 0.717) is 19.6 Å². The molecule has 2 atom stereocenters. The zero-order valence-electron chi connectivity index (χ0n) is 17.1. The van der Waals surface area contributed by atoms with Crippen LogP contribution in [0.4, 0.5) is 0 Å². The standard InChI is InChI=1S/C23H30N2O2.ClH/c1-5-27-20-14-23(24,22(20,3)4)21(26)25-15-17-9-7-11-19(13-17)18-10-6-8-16(2)12-18;/h6-13,20H,5,14-15,24H2,1-4H3,(H,25,26);1H. The highest BCUT2D eigenvalue weighted by atomic mass is 35.5. The lowest BCUT2D eigenvalue weighted by Crippen LogP contribution is -2.75. The number of aryl methyl sites for hydroxylation is 1. The molecular formula is C23H31ClN2O2. The van der Waals surface area contributed by atoms with Crippen LogP contribution in [0.5, 0.6) is 0 Å². The maximum absolute atomic E-state index is 12.8. The van der Waals surface area contributed by atoms with Gasteiger partial charge in [-0.05, 0) is 36.6 Å². The molecule has 2 aromatic rings. The first kappa shape index (κ1) is 22.4. The van der Waals surface area contributed by atoms with Gasteiger partial charge in [0, 0.05) is 25.0 Å². The van der Waals surface area contributed by atoms with Crippen LogP contribution in [0.3, 0.4) is 0 Å². The number of halogens is 1. The Morgan fingerprint density at radius 3 is 2.43 bits per heavy atom. The van der Waals surface area contributed by atoms with Gasteiger partial charge >= 0.3 is 0 Å². The molecule has 3 rings (SSSR count). The maximum atomic E-state index is 12.8. The number of hydrogen-bond donors (Lipinski definition) is 2. The van der Waals surface area contributed by atoms with Gasteiger partial charge in [0.2, 0.25) is 5.91 Å². The fourth-order valence-electron chi connectivity index (χ4n) is 3.85. The van der Waals surface area contributed by atoms with Crippen molar-refractivity contribution >= 4 is 18.3 Å². The molecule has 1 aliphatic carbocycles. The molecule has 0 heterocycles. The Bertz CT molecular complexity index is 837. The molecule has 2 unspecified atom stereocenters. The summed E-state index contributed by atoms with van der Waals surface area (Å²) in [7, 11) is 0. The van der Waals surface area contributed by atoms with Gasteiger partial charge in [0.05, 0.1) is 6.10 Å². The number of hydrogen-bond acceptors (Lipinski definition) is 3. The molecule has 1 saturated carbocycles. The molecule has 0 saturated heterocycles. The van der Waals surface area contributed by atoms with Crippen molar-refractivity contribution in [1.29, 1.82) is 0 Å². The fraction of sp³-hybridized carbons (Fsp3) is 0.435. The Morgan fingerprint density at radius 2 is 1.82 bits per heavy atom. The van der Waals surface area contributed by atoms with Crippen molar-refractivity contribution < 1.29 is 9.53 Å². The summed E-state index contributed by atoms with van der Waals surface area (Å²) >= 11 is 0. The first-order valence-corrected chi connectivity index (χ1v) is 9.62. The third-order valence-corrected chi connectivity index (χ3v) is 5.97. The molecule has 0 aromatic heterocycles. The summed E-state index contributed by atoms with van der Waals surface area (Å²) in [5, 5.41) is 3.03. The van der Waals surface area contributed by atoms with Crippen LogP contribution in [0.25, 0.3) is 11.1 Å². The molecule has 1 amide bonds. The number of amides is 1. The lowest BCUT2D eigenvalue weighted by molar-refractivity contribution is -0.170. The van der Waals surface area contributed by atoms with Gasteiger partial charge in [-0.2, -0.15) is 0 Å². The van der Waals surface area contributed by atoms with Crippen LogP contribution >= 0.6 is 12.4 Å². The summed E-state index contributed by atoms with van der Waals surface area (Å²) in [5.41, 5.74) is 9.80. The highest BCUT2D eigenvalue weighted by Crippen LogP contribution is 2.49. The number of carbonyl (C=O) groups excluding carboxylic acids is 1. The normalized spacial score (nSPS) is 22.7. The number of rotatable bonds is 6. The van der Waals surface area contributed by atoms with Crippen LogP contribution in [0, 0.1) is 12.3 Å². The zero-order chi connectivity index (χ0) is 19.7. The zero-order valence-corrected chi connectivity index (χ0v) is 17.9. The van der Waals surface area contributed by atoms with Crippen molar-refractivity contribution in [3.63, 3.8) is 0 Å². The minimum atomic E-state index is -0.888. The average Bonchev–Trinajstić information content (AvgIpc) is 2.66. The highest BCUT2D eigenvalue weighted by molar-refractivity contribution is 5.88. The summed E-state index contributed by atoms with van der Waals surface area (Å²) in [4.78, 5) is 12.8. The molecule has 1 aliphatic rings. The van der Waals surface area contributed by atoms with Crippen molar-refractivity contribution in [3.05, 3.63) is 59.7 Å². The van der Waals surface area contributed by atoms with Crippen molar-refractivity contribution in [2.75, 3.05) is 6.61 Å². The largest absolute Gasteiger partial charge is 0.378 e. The van der Waals surface area contributed by atoms with E-state index in [9.17, 15) is 4.79 Å². The van der Waals surface area contributed by atoms with E-state index in [2.05, 4.69) is 48.6 Å². The quantitative estimate of drug-likeness (QED) is 0.759. The Kier molecular flexibility index (Phi) is 6.92. The molecular weight excluding hydrogens is 372 g/mol. The van der Waals surface area contributed by atoms with Crippen LogP contribution in [0.15, 0.2) is 48.5 Å². The van der Waals surface area contributed by atoms with E-state index in [-0.39, 0.29) is 29.8 Å². The minimum absolute atomic E-state index is 0. The summed E-state index contributed by atoms with van der Waals surface area (Å²) < 4.78 is 5.72. The van der Waals surface area contributed by atoms with Crippen molar-refractivity contribution in [3.8, 4) is 11.1 Å². The predicted molar refractivity (Wildman–Crippen MR) is 116 cm³/mol. The molecule has 152 valence electrons. The third-order valence-electron chi connectivity index (χ3n) is 5.97. The summed E-state index contributed by atoms with van der Waals surface area (Å²) in [6.07, 6.45) is 0.589. The van der Waals surface area contributed by atoms with Gasteiger partial charge in [-0.3, -0.25) is 4.79 Å². The Hall–Kier alpha value is -1.88. The molecule has 3 N–H and O–H groups in total. The number of nitrogens with two attached hydrogens (primary N) is 1. The van der Waals surface area contributed by atoms with Crippen molar-refractivity contribution in [2.24, 2.45) is 11.1 Å². The number of carbonyl (C=O) groups is 1. The van der Waals surface area contributed by atoms with E-state index in [1.807, 2.05) is 32.9 Å². The van der Waals surface area contributed by atoms with Crippen LogP contribution in [-0.4, -0.2) is 24.2 Å². The lowest BCUT2D eigenvalue weighted by Gasteiger charge is -2.57. The molecule has 0 spiro atoms. The van der Waals surface area contributed by atoms with E-state index >= 15 is 0 Å². The Balaban J connectivity index is 0.00000280. The second kappa shape index (κ2) is 8.64. The Labute approximate surface area is 174 Å². The molecule has 0 aliphatic heterocycles.